The summed E-state index contributed by atoms with van der Waals surface area (Å²) in [5, 5.41) is 3.66. The highest BCUT2D eigenvalue weighted by Gasteiger charge is 2.34. The van der Waals surface area contributed by atoms with Crippen LogP contribution in [0.4, 0.5) is 0 Å². The Morgan fingerprint density at radius 3 is 2.70 bits per heavy atom. The Bertz CT molecular complexity index is 951. The van der Waals surface area contributed by atoms with Gasteiger partial charge in [0, 0.05) is 5.41 Å². The molecule has 0 radical (unpaired) electrons. The molecule has 0 aromatic heterocycles. The second-order valence-electron chi connectivity index (χ2n) is 5.87. The minimum atomic E-state index is -3.26. The average molecular weight is 425 g/mol. The van der Waals surface area contributed by atoms with Gasteiger partial charge in [-0.1, -0.05) is 36.1 Å². The number of hydrogen-bond acceptors (Lipinski definition) is 7. The third-order valence-electron chi connectivity index (χ3n) is 3.87. The van der Waals surface area contributed by atoms with Crippen molar-refractivity contribution in [2.24, 2.45) is 0 Å². The molecule has 2 heterocycles. The van der Waals surface area contributed by atoms with Gasteiger partial charge in [-0.25, -0.2) is 8.42 Å². The van der Waals surface area contributed by atoms with Crippen LogP contribution in [0.2, 0.25) is 0 Å². The van der Waals surface area contributed by atoms with E-state index in [4.69, 9.17) is 17.0 Å². The topological polar surface area (TPSA) is 92.8 Å². The van der Waals surface area contributed by atoms with E-state index in [1.807, 2.05) is 12.1 Å². The number of carbonyl (C=O) groups excluding carboxylic acids is 2. The van der Waals surface area contributed by atoms with Gasteiger partial charge in [-0.3, -0.25) is 14.5 Å². The number of methoxy groups -OCH3 is 1. The highest BCUT2D eigenvalue weighted by molar-refractivity contribution is 8.26. The SMILES string of the molecule is COc1ccc(/C=C2/SC(=S)N(CC(=O)N[C@H]3C=CS(=O)(=O)C3)C2=O)cc1. The van der Waals surface area contributed by atoms with Crippen molar-refractivity contribution in [3.05, 3.63) is 46.2 Å². The van der Waals surface area contributed by atoms with E-state index in [-0.39, 0.29) is 22.5 Å². The van der Waals surface area contributed by atoms with Gasteiger partial charge in [-0.2, -0.15) is 0 Å². The second-order valence-corrected chi connectivity index (χ2v) is 9.48. The van der Waals surface area contributed by atoms with E-state index in [0.717, 1.165) is 22.7 Å². The molecule has 2 aliphatic heterocycles. The first kappa shape index (κ1) is 19.6. The van der Waals surface area contributed by atoms with Crippen molar-refractivity contribution in [1.82, 2.24) is 10.2 Å². The van der Waals surface area contributed by atoms with Gasteiger partial charge < -0.3 is 10.1 Å². The zero-order valence-corrected chi connectivity index (χ0v) is 16.7. The van der Waals surface area contributed by atoms with Gasteiger partial charge in [-0.05, 0) is 29.8 Å². The van der Waals surface area contributed by atoms with Crippen LogP contribution in [0.25, 0.3) is 6.08 Å². The van der Waals surface area contributed by atoms with Crippen molar-refractivity contribution in [1.29, 1.82) is 0 Å². The van der Waals surface area contributed by atoms with Crippen molar-refractivity contribution >= 4 is 56.0 Å². The van der Waals surface area contributed by atoms with Gasteiger partial charge in [0.15, 0.2) is 9.84 Å². The number of nitrogens with zero attached hydrogens (tertiary/aromatic N) is 1. The standard InChI is InChI=1S/C17H16N2O5S3/c1-24-13-4-2-11(3-5-13)8-14-16(21)19(17(25)26-14)9-15(20)18-12-6-7-27(22,23)10-12/h2-8,12H,9-10H2,1H3,(H,18,20)/b14-8+/t12-/m0/s1. The largest absolute Gasteiger partial charge is 0.497 e. The van der Waals surface area contributed by atoms with Gasteiger partial charge in [0.25, 0.3) is 5.91 Å². The number of carbonyl (C=O) groups is 2. The smallest absolute Gasteiger partial charge is 0.266 e. The molecule has 1 saturated heterocycles. The number of sulfone groups is 1. The number of benzene rings is 1. The van der Waals surface area contributed by atoms with E-state index in [1.54, 1.807) is 25.3 Å². The van der Waals surface area contributed by atoms with Crippen LogP contribution in [0, 0.1) is 0 Å². The summed E-state index contributed by atoms with van der Waals surface area (Å²) >= 11 is 6.32. The molecule has 2 amide bonds. The molecule has 1 aromatic carbocycles. The molecule has 0 spiro atoms. The Morgan fingerprint density at radius 2 is 2.11 bits per heavy atom. The maximum Gasteiger partial charge on any atom is 0.266 e. The molecule has 1 fully saturated rings. The highest BCUT2D eigenvalue weighted by Crippen LogP contribution is 2.32. The molecule has 7 nitrogen and oxygen atoms in total. The van der Waals surface area contributed by atoms with Crippen LogP contribution in [0.15, 0.2) is 40.7 Å². The highest BCUT2D eigenvalue weighted by atomic mass is 32.2. The van der Waals surface area contributed by atoms with Crippen molar-refractivity contribution in [3.8, 4) is 5.75 Å². The van der Waals surface area contributed by atoms with Crippen molar-refractivity contribution in [2.45, 2.75) is 6.04 Å². The maximum atomic E-state index is 12.6. The molecule has 0 saturated carbocycles. The van der Waals surface area contributed by atoms with E-state index in [0.29, 0.717) is 10.7 Å². The molecular formula is C17H16N2O5S3. The first-order valence-corrected chi connectivity index (χ1v) is 10.8. The third-order valence-corrected chi connectivity index (χ3v) is 6.64. The quantitative estimate of drug-likeness (QED) is 0.563. The Balaban J connectivity index is 1.64. The van der Waals surface area contributed by atoms with E-state index < -0.39 is 21.8 Å². The molecule has 3 rings (SSSR count). The fraction of sp³-hybridized carbons (Fsp3) is 0.235. The number of ether oxygens (including phenoxy) is 1. The average Bonchev–Trinajstić information content (AvgIpc) is 3.09. The Hall–Kier alpha value is -2.17. The van der Waals surface area contributed by atoms with Crippen molar-refractivity contribution in [2.75, 3.05) is 19.4 Å². The summed E-state index contributed by atoms with van der Waals surface area (Å²) in [5.74, 6) is -0.289. The third kappa shape index (κ3) is 4.76. The first-order chi connectivity index (χ1) is 12.8. The number of hydrogen-bond donors (Lipinski definition) is 1. The van der Waals surface area contributed by atoms with Crippen molar-refractivity contribution in [3.63, 3.8) is 0 Å². The fourth-order valence-corrected chi connectivity index (χ4v) is 5.04. The van der Waals surface area contributed by atoms with Crippen LogP contribution in [-0.2, 0) is 19.4 Å². The minimum Gasteiger partial charge on any atom is -0.497 e. The van der Waals surface area contributed by atoms with Gasteiger partial charge in [0.2, 0.25) is 5.91 Å². The maximum absolute atomic E-state index is 12.6. The zero-order chi connectivity index (χ0) is 19.6. The summed E-state index contributed by atoms with van der Waals surface area (Å²) in [6.07, 6.45) is 3.12. The molecule has 1 N–H and O–H groups in total. The summed E-state index contributed by atoms with van der Waals surface area (Å²) in [5.41, 5.74) is 0.807. The minimum absolute atomic E-state index is 0.172. The summed E-state index contributed by atoms with van der Waals surface area (Å²) in [4.78, 5) is 26.3. The predicted octanol–water partition coefficient (Wildman–Crippen LogP) is 1.32. The normalized spacial score (nSPS) is 22.5. The Labute approximate surface area is 166 Å². The second kappa shape index (κ2) is 7.83. The van der Waals surface area contributed by atoms with Gasteiger partial charge in [0.1, 0.15) is 16.6 Å². The zero-order valence-electron chi connectivity index (χ0n) is 14.2. The van der Waals surface area contributed by atoms with E-state index in [1.165, 1.54) is 11.0 Å². The lowest BCUT2D eigenvalue weighted by Crippen LogP contribution is -2.43. The number of thiocarbonyl (C=S) groups is 1. The summed E-state index contributed by atoms with van der Waals surface area (Å²) in [6.45, 7) is -0.255. The van der Waals surface area contributed by atoms with Crippen LogP contribution in [0.3, 0.4) is 0 Å². The predicted molar refractivity (Wildman–Crippen MR) is 108 cm³/mol. The van der Waals surface area contributed by atoms with Crippen LogP contribution in [0.1, 0.15) is 5.56 Å². The molecule has 0 bridgehead atoms. The lowest BCUT2D eigenvalue weighted by Gasteiger charge is -2.16. The monoisotopic (exact) mass is 424 g/mol. The number of rotatable bonds is 5. The summed E-state index contributed by atoms with van der Waals surface area (Å²) in [6, 6.07) is 6.60. The molecular weight excluding hydrogens is 408 g/mol. The molecule has 2 aliphatic rings. The Kier molecular flexibility index (Phi) is 5.68. The molecule has 0 unspecified atom stereocenters. The van der Waals surface area contributed by atoms with E-state index in [2.05, 4.69) is 5.32 Å². The van der Waals surface area contributed by atoms with Crippen LogP contribution in [0.5, 0.6) is 5.75 Å². The van der Waals surface area contributed by atoms with Gasteiger partial charge >= 0.3 is 0 Å². The van der Waals surface area contributed by atoms with Gasteiger partial charge in [0.05, 0.1) is 23.8 Å². The number of nitrogens with one attached hydrogen (secondary N) is 1. The van der Waals surface area contributed by atoms with Crippen LogP contribution >= 0.6 is 24.0 Å². The lowest BCUT2D eigenvalue weighted by molar-refractivity contribution is -0.128. The number of thioether (sulfide) groups is 1. The van der Waals surface area contributed by atoms with Crippen LogP contribution in [-0.4, -0.2) is 54.9 Å². The number of amides is 2. The molecule has 10 heteroatoms. The summed E-state index contributed by atoms with van der Waals surface area (Å²) < 4.78 is 28.2. The van der Waals surface area contributed by atoms with E-state index in [9.17, 15) is 18.0 Å². The fourth-order valence-electron chi connectivity index (χ4n) is 2.55. The summed E-state index contributed by atoms with van der Waals surface area (Å²) in [7, 11) is -1.69. The Morgan fingerprint density at radius 1 is 1.41 bits per heavy atom. The van der Waals surface area contributed by atoms with Crippen molar-refractivity contribution < 1.29 is 22.7 Å². The molecule has 1 aromatic rings. The molecule has 1 atom stereocenters. The molecule has 142 valence electrons. The first-order valence-electron chi connectivity index (χ1n) is 7.87. The van der Waals surface area contributed by atoms with Gasteiger partial charge in [-0.15, -0.1) is 0 Å². The lowest BCUT2D eigenvalue weighted by atomic mass is 10.2. The molecule has 27 heavy (non-hydrogen) atoms. The van der Waals surface area contributed by atoms with E-state index >= 15 is 0 Å². The van der Waals surface area contributed by atoms with Crippen LogP contribution < -0.4 is 10.1 Å². The molecule has 0 aliphatic carbocycles.